The first-order valence-corrected chi connectivity index (χ1v) is 5.31. The normalized spacial score (nSPS) is 10.2. The minimum absolute atomic E-state index is 0.184. The molecular weight excluding hydrogens is 214 g/mol. The minimum atomic E-state index is 0.184. The summed E-state index contributed by atoms with van der Waals surface area (Å²) in [5, 5.41) is 15.9. The zero-order valence-electron chi connectivity index (χ0n) is 9.81. The Labute approximate surface area is 99.7 Å². The van der Waals surface area contributed by atoms with E-state index in [4.69, 9.17) is 5.26 Å². The lowest BCUT2D eigenvalue weighted by atomic mass is 10.1. The molecule has 2 rings (SSSR count). The van der Waals surface area contributed by atoms with Crippen molar-refractivity contribution in [3.63, 3.8) is 0 Å². The van der Waals surface area contributed by atoms with Crippen molar-refractivity contribution in [1.29, 1.82) is 5.26 Å². The molecule has 2 aromatic rings. The van der Waals surface area contributed by atoms with Crippen LogP contribution in [-0.4, -0.2) is 21.8 Å². The highest BCUT2D eigenvalue weighted by atomic mass is 15.3. The van der Waals surface area contributed by atoms with Crippen molar-refractivity contribution < 1.29 is 0 Å². The number of aryl methyl sites for hydroxylation is 1. The summed E-state index contributed by atoms with van der Waals surface area (Å²) in [6.07, 6.45) is 1.56. The summed E-state index contributed by atoms with van der Waals surface area (Å²) < 4.78 is 1.63. The van der Waals surface area contributed by atoms with E-state index in [2.05, 4.69) is 21.5 Å². The Hall–Kier alpha value is -2.19. The SMILES string of the molecule is CNCc1ccc(C)c(-n2cnc(C#N)n2)c1. The molecule has 5 heteroatoms. The first kappa shape index (κ1) is 11.3. The predicted octanol–water partition coefficient (Wildman–Crippen LogP) is 1.17. The molecule has 1 aromatic carbocycles. The maximum atomic E-state index is 8.71. The monoisotopic (exact) mass is 227 g/mol. The molecule has 0 saturated heterocycles. The lowest BCUT2D eigenvalue weighted by Crippen LogP contribution is -2.06. The van der Waals surface area contributed by atoms with Gasteiger partial charge in [0, 0.05) is 6.54 Å². The maximum Gasteiger partial charge on any atom is 0.252 e. The highest BCUT2D eigenvalue weighted by Gasteiger charge is 2.05. The van der Waals surface area contributed by atoms with Crippen LogP contribution in [0.2, 0.25) is 0 Å². The van der Waals surface area contributed by atoms with Gasteiger partial charge in [-0.2, -0.15) is 5.26 Å². The fraction of sp³-hybridized carbons (Fsp3) is 0.250. The predicted molar refractivity (Wildman–Crippen MR) is 63.6 cm³/mol. The number of rotatable bonds is 3. The molecule has 0 radical (unpaired) electrons. The van der Waals surface area contributed by atoms with E-state index in [1.165, 1.54) is 5.56 Å². The summed E-state index contributed by atoms with van der Waals surface area (Å²) in [4.78, 5) is 3.90. The Balaban J connectivity index is 2.43. The number of nitrogens with zero attached hydrogens (tertiary/aromatic N) is 4. The van der Waals surface area contributed by atoms with Gasteiger partial charge in [0.15, 0.2) is 0 Å². The number of nitrogens with one attached hydrogen (secondary N) is 1. The third kappa shape index (κ3) is 2.32. The van der Waals surface area contributed by atoms with E-state index >= 15 is 0 Å². The van der Waals surface area contributed by atoms with Gasteiger partial charge >= 0.3 is 0 Å². The van der Waals surface area contributed by atoms with Crippen molar-refractivity contribution >= 4 is 0 Å². The Morgan fingerprint density at radius 3 is 2.94 bits per heavy atom. The van der Waals surface area contributed by atoms with Gasteiger partial charge < -0.3 is 5.32 Å². The smallest absolute Gasteiger partial charge is 0.252 e. The Morgan fingerprint density at radius 2 is 2.29 bits per heavy atom. The van der Waals surface area contributed by atoms with Crippen LogP contribution in [-0.2, 0) is 6.54 Å². The van der Waals surface area contributed by atoms with Crippen LogP contribution in [0.1, 0.15) is 17.0 Å². The van der Waals surface area contributed by atoms with Crippen LogP contribution in [0.25, 0.3) is 5.69 Å². The maximum absolute atomic E-state index is 8.71. The van der Waals surface area contributed by atoms with Gasteiger partial charge in [-0.3, -0.25) is 0 Å². The third-order valence-electron chi connectivity index (χ3n) is 2.49. The lowest BCUT2D eigenvalue weighted by molar-refractivity contribution is 0.808. The zero-order valence-corrected chi connectivity index (χ0v) is 9.81. The second kappa shape index (κ2) is 4.76. The van der Waals surface area contributed by atoms with Crippen LogP contribution in [0.5, 0.6) is 0 Å². The van der Waals surface area contributed by atoms with Crippen LogP contribution in [0.15, 0.2) is 24.5 Å². The summed E-state index contributed by atoms with van der Waals surface area (Å²) >= 11 is 0. The van der Waals surface area contributed by atoms with Crippen molar-refractivity contribution in [1.82, 2.24) is 20.1 Å². The molecule has 0 amide bonds. The van der Waals surface area contributed by atoms with E-state index in [0.29, 0.717) is 0 Å². The average molecular weight is 227 g/mol. The van der Waals surface area contributed by atoms with Gasteiger partial charge in [0.2, 0.25) is 0 Å². The van der Waals surface area contributed by atoms with Crippen LogP contribution in [0.4, 0.5) is 0 Å². The first-order valence-electron chi connectivity index (χ1n) is 5.31. The molecule has 0 fully saturated rings. The van der Waals surface area contributed by atoms with E-state index in [1.54, 1.807) is 11.0 Å². The topological polar surface area (TPSA) is 66.5 Å². The van der Waals surface area contributed by atoms with Crippen LogP contribution in [0, 0.1) is 18.3 Å². The van der Waals surface area contributed by atoms with Crippen molar-refractivity contribution in [3.8, 4) is 11.8 Å². The van der Waals surface area contributed by atoms with Gasteiger partial charge in [-0.05, 0) is 31.2 Å². The lowest BCUT2D eigenvalue weighted by Gasteiger charge is -2.08. The number of aromatic nitrogens is 3. The van der Waals surface area contributed by atoms with Gasteiger partial charge in [0.05, 0.1) is 5.69 Å². The molecule has 0 spiro atoms. The molecule has 0 saturated carbocycles. The fourth-order valence-electron chi connectivity index (χ4n) is 1.65. The highest BCUT2D eigenvalue weighted by Crippen LogP contribution is 2.15. The molecule has 1 N–H and O–H groups in total. The van der Waals surface area contributed by atoms with E-state index < -0.39 is 0 Å². The molecule has 1 heterocycles. The largest absolute Gasteiger partial charge is 0.316 e. The standard InChI is InChI=1S/C12H13N5/c1-9-3-4-10(7-14-2)5-11(9)17-8-15-12(6-13)16-17/h3-5,8,14H,7H2,1-2H3. The molecule has 5 nitrogen and oxygen atoms in total. The summed E-state index contributed by atoms with van der Waals surface area (Å²) in [5.74, 6) is 0.184. The molecule has 0 unspecified atom stereocenters. The van der Waals surface area contributed by atoms with Gasteiger partial charge in [0.25, 0.3) is 5.82 Å². The van der Waals surface area contributed by atoms with E-state index in [-0.39, 0.29) is 5.82 Å². The molecule has 17 heavy (non-hydrogen) atoms. The summed E-state index contributed by atoms with van der Waals surface area (Å²) in [5.41, 5.74) is 3.22. The first-order chi connectivity index (χ1) is 8.24. The average Bonchev–Trinajstić information content (AvgIpc) is 2.80. The number of hydrogen-bond donors (Lipinski definition) is 1. The molecule has 1 aromatic heterocycles. The Kier molecular flexibility index (Phi) is 3.17. The van der Waals surface area contributed by atoms with Crippen molar-refractivity contribution in [3.05, 3.63) is 41.5 Å². The minimum Gasteiger partial charge on any atom is -0.316 e. The molecule has 86 valence electrons. The molecule has 0 aliphatic heterocycles. The van der Waals surface area contributed by atoms with E-state index in [0.717, 1.165) is 17.8 Å². The van der Waals surface area contributed by atoms with Gasteiger partial charge in [-0.15, -0.1) is 5.10 Å². The van der Waals surface area contributed by atoms with Crippen LogP contribution in [0.3, 0.4) is 0 Å². The summed E-state index contributed by atoms with van der Waals surface area (Å²) in [7, 11) is 1.91. The molecule has 0 bridgehead atoms. The third-order valence-corrected chi connectivity index (χ3v) is 2.49. The van der Waals surface area contributed by atoms with Crippen molar-refractivity contribution in [2.75, 3.05) is 7.05 Å². The summed E-state index contributed by atoms with van der Waals surface area (Å²) in [6.45, 7) is 2.80. The number of hydrogen-bond acceptors (Lipinski definition) is 4. The molecular formula is C12H13N5. The Morgan fingerprint density at radius 1 is 1.47 bits per heavy atom. The number of benzene rings is 1. The summed E-state index contributed by atoms with van der Waals surface area (Å²) in [6, 6.07) is 8.07. The van der Waals surface area contributed by atoms with E-state index in [1.807, 2.05) is 32.2 Å². The van der Waals surface area contributed by atoms with Crippen molar-refractivity contribution in [2.24, 2.45) is 0 Å². The fourth-order valence-corrected chi connectivity index (χ4v) is 1.65. The van der Waals surface area contributed by atoms with Crippen LogP contribution < -0.4 is 5.32 Å². The number of nitriles is 1. The molecule has 0 aliphatic rings. The van der Waals surface area contributed by atoms with Gasteiger partial charge in [0.1, 0.15) is 12.4 Å². The van der Waals surface area contributed by atoms with E-state index in [9.17, 15) is 0 Å². The molecule has 0 aliphatic carbocycles. The zero-order chi connectivity index (χ0) is 12.3. The Bertz CT molecular complexity index is 565. The second-order valence-corrected chi connectivity index (χ2v) is 3.78. The van der Waals surface area contributed by atoms with Crippen molar-refractivity contribution in [2.45, 2.75) is 13.5 Å². The second-order valence-electron chi connectivity index (χ2n) is 3.78. The van der Waals surface area contributed by atoms with Crippen LogP contribution >= 0.6 is 0 Å². The highest BCUT2D eigenvalue weighted by molar-refractivity contribution is 5.42. The quantitative estimate of drug-likeness (QED) is 0.854. The van der Waals surface area contributed by atoms with Gasteiger partial charge in [-0.25, -0.2) is 9.67 Å². The molecule has 0 atom stereocenters. The van der Waals surface area contributed by atoms with Gasteiger partial charge in [-0.1, -0.05) is 12.1 Å².